The van der Waals surface area contributed by atoms with Gasteiger partial charge in [-0.05, 0) is 49.7 Å². The van der Waals surface area contributed by atoms with Crippen LogP contribution in [0.25, 0.3) is 0 Å². The van der Waals surface area contributed by atoms with Gasteiger partial charge in [-0.25, -0.2) is 0 Å². The standard InChI is InChI=1S/C16H26N2O/c1-4-14(17)15-6-5-13(11-18-15)19-12-7-9-16(2,3)10-8-12/h5-6,11-12,14H,4,7-10,17H2,1-3H3/t14-/m1/s1. The highest BCUT2D eigenvalue weighted by Gasteiger charge is 2.27. The number of pyridine rings is 1. The third-order valence-corrected chi connectivity index (χ3v) is 4.17. The van der Waals surface area contributed by atoms with E-state index in [9.17, 15) is 0 Å². The number of nitrogens with zero attached hydrogens (tertiary/aromatic N) is 1. The Morgan fingerprint density at radius 1 is 1.37 bits per heavy atom. The molecule has 1 heterocycles. The molecule has 0 amide bonds. The fourth-order valence-electron chi connectivity index (χ4n) is 2.57. The first-order valence-electron chi connectivity index (χ1n) is 7.38. The van der Waals surface area contributed by atoms with E-state index in [1.165, 1.54) is 12.8 Å². The number of ether oxygens (including phenoxy) is 1. The van der Waals surface area contributed by atoms with E-state index in [0.29, 0.717) is 11.5 Å². The maximum atomic E-state index is 6.01. The minimum Gasteiger partial charge on any atom is -0.489 e. The van der Waals surface area contributed by atoms with Gasteiger partial charge in [0.05, 0.1) is 18.0 Å². The predicted molar refractivity (Wildman–Crippen MR) is 78.1 cm³/mol. The molecule has 19 heavy (non-hydrogen) atoms. The van der Waals surface area contributed by atoms with Gasteiger partial charge in [-0.3, -0.25) is 4.98 Å². The molecular formula is C16H26N2O. The molecule has 1 atom stereocenters. The van der Waals surface area contributed by atoms with Crippen LogP contribution in [0.15, 0.2) is 18.3 Å². The lowest BCUT2D eigenvalue weighted by molar-refractivity contribution is 0.0984. The first-order valence-corrected chi connectivity index (χ1v) is 7.38. The van der Waals surface area contributed by atoms with E-state index in [-0.39, 0.29) is 6.04 Å². The first kappa shape index (κ1) is 14.3. The van der Waals surface area contributed by atoms with Crippen LogP contribution in [-0.2, 0) is 0 Å². The van der Waals surface area contributed by atoms with Crippen molar-refractivity contribution in [2.24, 2.45) is 11.1 Å². The zero-order valence-corrected chi connectivity index (χ0v) is 12.4. The summed E-state index contributed by atoms with van der Waals surface area (Å²) < 4.78 is 6.01. The highest BCUT2D eigenvalue weighted by Crippen LogP contribution is 2.36. The monoisotopic (exact) mass is 262 g/mol. The van der Waals surface area contributed by atoms with Crippen molar-refractivity contribution in [1.29, 1.82) is 0 Å². The number of aromatic nitrogens is 1. The van der Waals surface area contributed by atoms with Crippen molar-refractivity contribution in [2.75, 3.05) is 0 Å². The third kappa shape index (κ3) is 3.93. The second-order valence-corrected chi connectivity index (χ2v) is 6.41. The molecule has 0 spiro atoms. The Balaban J connectivity index is 1.90. The normalized spacial score (nSPS) is 21.1. The molecule has 1 fully saturated rings. The fourth-order valence-corrected chi connectivity index (χ4v) is 2.57. The van der Waals surface area contributed by atoms with Crippen molar-refractivity contribution < 1.29 is 4.74 Å². The van der Waals surface area contributed by atoms with Gasteiger partial charge in [0.25, 0.3) is 0 Å². The Bertz CT molecular complexity index is 390. The van der Waals surface area contributed by atoms with Crippen LogP contribution in [0.2, 0.25) is 0 Å². The zero-order chi connectivity index (χ0) is 13.9. The molecule has 1 aromatic heterocycles. The van der Waals surface area contributed by atoms with Crippen LogP contribution >= 0.6 is 0 Å². The van der Waals surface area contributed by atoms with E-state index in [4.69, 9.17) is 10.5 Å². The lowest BCUT2D eigenvalue weighted by Crippen LogP contribution is -2.28. The molecule has 106 valence electrons. The Labute approximate surface area is 116 Å². The Hall–Kier alpha value is -1.09. The number of hydrogen-bond donors (Lipinski definition) is 1. The van der Waals surface area contributed by atoms with E-state index in [1.54, 1.807) is 0 Å². The summed E-state index contributed by atoms with van der Waals surface area (Å²) in [5.74, 6) is 0.872. The van der Waals surface area contributed by atoms with Crippen LogP contribution < -0.4 is 10.5 Å². The van der Waals surface area contributed by atoms with E-state index in [2.05, 4.69) is 25.8 Å². The summed E-state index contributed by atoms with van der Waals surface area (Å²) in [5.41, 5.74) is 7.38. The Morgan fingerprint density at radius 3 is 2.58 bits per heavy atom. The molecule has 2 rings (SSSR count). The second kappa shape index (κ2) is 5.91. The maximum Gasteiger partial charge on any atom is 0.138 e. The van der Waals surface area contributed by atoms with Gasteiger partial charge in [0.2, 0.25) is 0 Å². The van der Waals surface area contributed by atoms with Gasteiger partial charge in [0.15, 0.2) is 0 Å². The molecule has 1 aliphatic carbocycles. The smallest absolute Gasteiger partial charge is 0.138 e. The lowest BCUT2D eigenvalue weighted by atomic mass is 9.76. The van der Waals surface area contributed by atoms with Crippen molar-refractivity contribution in [1.82, 2.24) is 4.98 Å². The van der Waals surface area contributed by atoms with Crippen molar-refractivity contribution in [2.45, 2.75) is 65.0 Å². The third-order valence-electron chi connectivity index (χ3n) is 4.17. The van der Waals surface area contributed by atoms with Gasteiger partial charge in [-0.2, -0.15) is 0 Å². The molecule has 3 heteroatoms. The number of rotatable bonds is 4. The number of nitrogens with two attached hydrogens (primary N) is 1. The SMILES string of the molecule is CC[C@@H](N)c1ccc(OC2CCC(C)(C)CC2)cn1. The predicted octanol–water partition coefficient (Wildman–Crippen LogP) is 3.84. The van der Waals surface area contributed by atoms with Crippen molar-refractivity contribution in [3.8, 4) is 5.75 Å². The van der Waals surface area contributed by atoms with E-state index >= 15 is 0 Å². The van der Waals surface area contributed by atoms with Crippen LogP contribution in [0.3, 0.4) is 0 Å². The zero-order valence-electron chi connectivity index (χ0n) is 12.4. The first-order chi connectivity index (χ1) is 9.00. The molecule has 0 radical (unpaired) electrons. The summed E-state index contributed by atoms with van der Waals surface area (Å²) in [4.78, 5) is 4.39. The van der Waals surface area contributed by atoms with Crippen LogP contribution in [0.5, 0.6) is 5.75 Å². The van der Waals surface area contributed by atoms with Crippen LogP contribution in [0.4, 0.5) is 0 Å². The minimum absolute atomic E-state index is 0.0320. The van der Waals surface area contributed by atoms with E-state index < -0.39 is 0 Å². The van der Waals surface area contributed by atoms with Gasteiger partial charge < -0.3 is 10.5 Å². The van der Waals surface area contributed by atoms with Crippen LogP contribution in [-0.4, -0.2) is 11.1 Å². The van der Waals surface area contributed by atoms with E-state index in [1.807, 2.05) is 18.3 Å². The van der Waals surface area contributed by atoms with E-state index in [0.717, 1.165) is 30.7 Å². The van der Waals surface area contributed by atoms with Crippen LogP contribution in [0, 0.1) is 5.41 Å². The van der Waals surface area contributed by atoms with Gasteiger partial charge in [0.1, 0.15) is 5.75 Å². The molecule has 0 bridgehead atoms. The van der Waals surface area contributed by atoms with Crippen molar-refractivity contribution in [3.05, 3.63) is 24.0 Å². The average molecular weight is 262 g/mol. The van der Waals surface area contributed by atoms with Gasteiger partial charge in [-0.15, -0.1) is 0 Å². The molecule has 0 saturated heterocycles. The summed E-state index contributed by atoms with van der Waals surface area (Å²) in [5, 5.41) is 0. The van der Waals surface area contributed by atoms with Crippen LogP contribution in [0.1, 0.15) is 64.6 Å². The molecule has 0 aliphatic heterocycles. The summed E-state index contributed by atoms with van der Waals surface area (Å²) in [6.45, 7) is 6.75. The van der Waals surface area contributed by atoms with Gasteiger partial charge in [-0.1, -0.05) is 20.8 Å². The minimum atomic E-state index is 0.0320. The number of hydrogen-bond acceptors (Lipinski definition) is 3. The topological polar surface area (TPSA) is 48.1 Å². The quantitative estimate of drug-likeness (QED) is 0.897. The van der Waals surface area contributed by atoms with Crippen molar-refractivity contribution in [3.63, 3.8) is 0 Å². The molecule has 0 aromatic carbocycles. The van der Waals surface area contributed by atoms with Crippen molar-refractivity contribution >= 4 is 0 Å². The largest absolute Gasteiger partial charge is 0.489 e. The van der Waals surface area contributed by atoms with Gasteiger partial charge in [0, 0.05) is 6.04 Å². The molecule has 1 saturated carbocycles. The maximum absolute atomic E-state index is 6.01. The Morgan fingerprint density at radius 2 is 2.05 bits per heavy atom. The molecular weight excluding hydrogens is 236 g/mol. The molecule has 0 unspecified atom stereocenters. The average Bonchev–Trinajstić information content (AvgIpc) is 2.41. The Kier molecular flexibility index (Phi) is 4.46. The summed E-state index contributed by atoms with van der Waals surface area (Å²) in [6.07, 6.45) is 7.83. The van der Waals surface area contributed by atoms with Gasteiger partial charge >= 0.3 is 0 Å². The second-order valence-electron chi connectivity index (χ2n) is 6.41. The lowest BCUT2D eigenvalue weighted by Gasteiger charge is -2.34. The summed E-state index contributed by atoms with van der Waals surface area (Å²) >= 11 is 0. The highest BCUT2D eigenvalue weighted by atomic mass is 16.5. The molecule has 1 aliphatic rings. The fraction of sp³-hybridized carbons (Fsp3) is 0.688. The molecule has 2 N–H and O–H groups in total. The molecule has 1 aromatic rings. The summed E-state index contributed by atoms with van der Waals surface area (Å²) in [6, 6.07) is 4.01. The highest BCUT2D eigenvalue weighted by molar-refractivity contribution is 5.21. The molecule has 3 nitrogen and oxygen atoms in total. The summed E-state index contributed by atoms with van der Waals surface area (Å²) in [7, 11) is 0.